The minimum atomic E-state index is 0.0833. The Hall–Kier alpha value is -0.760. The van der Waals surface area contributed by atoms with Crippen molar-refractivity contribution in [3.8, 4) is 0 Å². The molecule has 70 valence electrons. The smallest absolute Gasteiger partial charge is 0.0609 e. The molecule has 0 aromatic rings. The fraction of sp³-hybridized carbons (Fsp3) is 0.600. The minimum absolute atomic E-state index is 0.0833. The van der Waals surface area contributed by atoms with Crippen molar-refractivity contribution in [3.05, 3.63) is 25.4 Å². The van der Waals surface area contributed by atoms with Crippen molar-refractivity contribution in [1.82, 2.24) is 4.90 Å². The third-order valence-corrected chi connectivity index (χ3v) is 1.78. The Morgan fingerprint density at radius 1 is 1.17 bits per heavy atom. The van der Waals surface area contributed by atoms with Crippen LogP contribution in [0, 0.1) is 0 Å². The van der Waals surface area contributed by atoms with Crippen LogP contribution in [0.1, 0.15) is 19.3 Å². The lowest BCUT2D eigenvalue weighted by Crippen LogP contribution is -2.23. The van der Waals surface area contributed by atoms with Gasteiger partial charge in [-0.3, -0.25) is 0 Å². The second-order valence-corrected chi connectivity index (χ2v) is 2.75. The molecule has 0 aliphatic carbocycles. The van der Waals surface area contributed by atoms with E-state index < -0.39 is 0 Å². The third-order valence-electron chi connectivity index (χ3n) is 1.78. The van der Waals surface area contributed by atoms with Gasteiger partial charge in [-0.1, -0.05) is 12.7 Å². The highest BCUT2D eigenvalue weighted by Gasteiger charge is 2.02. The summed E-state index contributed by atoms with van der Waals surface area (Å²) in [5, 5.41) is 7.76. The number of aliphatic hydroxyl groups is 1. The van der Waals surface area contributed by atoms with Crippen molar-refractivity contribution in [1.29, 1.82) is 0 Å². The molecule has 1 rings (SSSR count). The van der Waals surface area contributed by atoms with Crippen LogP contribution in [0.3, 0.4) is 0 Å². The highest BCUT2D eigenvalue weighted by molar-refractivity contribution is 4.73. The number of piperidine rings is 1. The Morgan fingerprint density at radius 3 is 1.92 bits per heavy atom. The maximum atomic E-state index is 7.76. The molecular weight excluding hydrogens is 150 g/mol. The fourth-order valence-electron chi connectivity index (χ4n) is 1.10. The molecule has 12 heavy (non-hydrogen) atoms. The monoisotopic (exact) mass is 169 g/mol. The van der Waals surface area contributed by atoms with E-state index in [1.54, 1.807) is 0 Å². The molecule has 1 saturated heterocycles. The van der Waals surface area contributed by atoms with Gasteiger partial charge in [0.05, 0.1) is 6.61 Å². The van der Waals surface area contributed by atoms with E-state index in [1.165, 1.54) is 38.4 Å². The number of rotatable bonds is 2. The first-order valence-electron chi connectivity index (χ1n) is 4.43. The molecule has 1 N–H and O–H groups in total. The van der Waals surface area contributed by atoms with Gasteiger partial charge in [0.2, 0.25) is 0 Å². The van der Waals surface area contributed by atoms with Gasteiger partial charge in [-0.05, 0) is 25.5 Å². The predicted octanol–water partition coefficient (Wildman–Crippen LogP) is 1.78. The maximum Gasteiger partial charge on any atom is 0.0609 e. The number of likely N-dealkylation sites (tertiary alicyclic amines) is 1. The van der Waals surface area contributed by atoms with Gasteiger partial charge in [-0.2, -0.15) is 0 Å². The summed E-state index contributed by atoms with van der Waals surface area (Å²) >= 11 is 0. The number of aliphatic hydroxyl groups excluding tert-OH is 1. The molecule has 0 amide bonds. The SMILES string of the molecule is C=CCO.C=CN1CCCCC1. The molecular formula is C10H19NO. The van der Waals surface area contributed by atoms with Crippen LogP contribution in [-0.4, -0.2) is 29.7 Å². The van der Waals surface area contributed by atoms with E-state index in [4.69, 9.17) is 5.11 Å². The van der Waals surface area contributed by atoms with Gasteiger partial charge in [-0.15, -0.1) is 6.58 Å². The number of nitrogens with zero attached hydrogens (tertiary/aromatic N) is 1. The van der Waals surface area contributed by atoms with Crippen molar-refractivity contribution in [2.24, 2.45) is 0 Å². The quantitative estimate of drug-likeness (QED) is 0.637. The third kappa shape index (κ3) is 5.98. The Bertz CT molecular complexity index is 117. The molecule has 1 fully saturated rings. The van der Waals surface area contributed by atoms with Gasteiger partial charge in [0.1, 0.15) is 0 Å². The molecule has 0 bridgehead atoms. The lowest BCUT2D eigenvalue weighted by Gasteiger charge is -2.23. The van der Waals surface area contributed by atoms with Crippen LogP contribution in [0.5, 0.6) is 0 Å². The first kappa shape index (κ1) is 11.2. The highest BCUT2D eigenvalue weighted by Crippen LogP contribution is 2.07. The lowest BCUT2D eigenvalue weighted by atomic mass is 10.1. The molecule has 1 aliphatic heterocycles. The predicted molar refractivity (Wildman–Crippen MR) is 52.9 cm³/mol. The zero-order chi connectivity index (χ0) is 9.23. The van der Waals surface area contributed by atoms with Crippen molar-refractivity contribution in [2.45, 2.75) is 19.3 Å². The van der Waals surface area contributed by atoms with Crippen molar-refractivity contribution in [3.63, 3.8) is 0 Å². The Morgan fingerprint density at radius 2 is 1.67 bits per heavy atom. The molecule has 0 aromatic carbocycles. The summed E-state index contributed by atoms with van der Waals surface area (Å²) in [4.78, 5) is 2.28. The topological polar surface area (TPSA) is 23.5 Å². The zero-order valence-corrected chi connectivity index (χ0v) is 7.71. The van der Waals surface area contributed by atoms with Gasteiger partial charge < -0.3 is 10.0 Å². The molecule has 0 aromatic heterocycles. The van der Waals surface area contributed by atoms with E-state index in [0.717, 1.165) is 0 Å². The van der Waals surface area contributed by atoms with Crippen LogP contribution in [0.15, 0.2) is 25.4 Å². The van der Waals surface area contributed by atoms with Crippen molar-refractivity contribution >= 4 is 0 Å². The maximum absolute atomic E-state index is 7.76. The molecule has 1 aliphatic rings. The van der Waals surface area contributed by atoms with Crippen LogP contribution in [0.2, 0.25) is 0 Å². The molecule has 2 heteroatoms. The molecule has 0 unspecified atom stereocenters. The Kier molecular flexibility index (Phi) is 7.81. The summed E-state index contributed by atoms with van der Waals surface area (Å²) in [7, 11) is 0. The lowest BCUT2D eigenvalue weighted by molar-refractivity contribution is 0.310. The molecule has 2 nitrogen and oxygen atoms in total. The Balaban J connectivity index is 0.000000261. The first-order valence-corrected chi connectivity index (χ1v) is 4.43. The summed E-state index contributed by atoms with van der Waals surface area (Å²) in [5.74, 6) is 0. The van der Waals surface area contributed by atoms with Crippen LogP contribution >= 0.6 is 0 Å². The van der Waals surface area contributed by atoms with Gasteiger partial charge in [-0.25, -0.2) is 0 Å². The molecule has 0 atom stereocenters. The first-order chi connectivity index (χ1) is 5.85. The zero-order valence-electron chi connectivity index (χ0n) is 7.71. The van der Waals surface area contributed by atoms with Gasteiger partial charge in [0.15, 0.2) is 0 Å². The summed E-state index contributed by atoms with van der Waals surface area (Å²) in [5.41, 5.74) is 0. The number of hydrogen-bond donors (Lipinski definition) is 1. The number of hydrogen-bond acceptors (Lipinski definition) is 2. The summed E-state index contributed by atoms with van der Waals surface area (Å²) in [6, 6.07) is 0. The van der Waals surface area contributed by atoms with E-state index in [1.807, 2.05) is 6.20 Å². The standard InChI is InChI=1S/C7H13N.C3H6O/c1-2-8-6-4-3-5-7-8;1-2-3-4/h2H,1,3-7H2;2,4H,1,3H2. The summed E-state index contributed by atoms with van der Waals surface area (Å²) in [6.07, 6.45) is 7.49. The summed E-state index contributed by atoms with van der Waals surface area (Å²) < 4.78 is 0. The van der Waals surface area contributed by atoms with Crippen LogP contribution in [0.4, 0.5) is 0 Å². The van der Waals surface area contributed by atoms with E-state index >= 15 is 0 Å². The molecule has 0 spiro atoms. The van der Waals surface area contributed by atoms with Gasteiger partial charge in [0, 0.05) is 13.1 Å². The van der Waals surface area contributed by atoms with Crippen LogP contribution < -0.4 is 0 Å². The van der Waals surface area contributed by atoms with Gasteiger partial charge >= 0.3 is 0 Å². The van der Waals surface area contributed by atoms with Crippen LogP contribution in [0.25, 0.3) is 0 Å². The highest BCUT2D eigenvalue weighted by atomic mass is 16.2. The fourth-order valence-corrected chi connectivity index (χ4v) is 1.10. The summed E-state index contributed by atoms with van der Waals surface area (Å²) in [6.45, 7) is 9.47. The molecule has 1 heterocycles. The second-order valence-electron chi connectivity index (χ2n) is 2.75. The molecule has 0 saturated carbocycles. The van der Waals surface area contributed by atoms with Crippen molar-refractivity contribution in [2.75, 3.05) is 19.7 Å². The van der Waals surface area contributed by atoms with E-state index in [-0.39, 0.29) is 6.61 Å². The second kappa shape index (κ2) is 8.34. The normalized spacial score (nSPS) is 15.9. The largest absolute Gasteiger partial charge is 0.392 e. The van der Waals surface area contributed by atoms with E-state index in [2.05, 4.69) is 18.1 Å². The average Bonchev–Trinajstić information content (AvgIpc) is 2.19. The average molecular weight is 169 g/mol. The minimum Gasteiger partial charge on any atom is -0.392 e. The van der Waals surface area contributed by atoms with E-state index in [9.17, 15) is 0 Å². The Labute approximate surface area is 75.2 Å². The van der Waals surface area contributed by atoms with Gasteiger partial charge in [0.25, 0.3) is 0 Å². The molecule has 0 radical (unpaired) electrons. The van der Waals surface area contributed by atoms with E-state index in [0.29, 0.717) is 0 Å². The van der Waals surface area contributed by atoms with Crippen LogP contribution in [-0.2, 0) is 0 Å². The van der Waals surface area contributed by atoms with Crippen molar-refractivity contribution < 1.29 is 5.11 Å².